The number of halogens is 1. The first kappa shape index (κ1) is 15.4. The lowest BCUT2D eigenvalue weighted by Gasteiger charge is -2.19. The maximum absolute atomic E-state index is 4.69. The van der Waals surface area contributed by atoms with Crippen LogP contribution in [0.15, 0.2) is 4.47 Å². The summed E-state index contributed by atoms with van der Waals surface area (Å²) in [6, 6.07) is 0. The Morgan fingerprint density at radius 2 is 1.83 bits per heavy atom. The first-order valence-corrected chi connectivity index (χ1v) is 7.45. The van der Waals surface area contributed by atoms with Gasteiger partial charge < -0.3 is 5.32 Å². The molecule has 0 fully saturated rings. The first-order valence-electron chi connectivity index (χ1n) is 6.66. The highest BCUT2D eigenvalue weighted by Crippen LogP contribution is 2.27. The van der Waals surface area contributed by atoms with Gasteiger partial charge in [0.1, 0.15) is 11.6 Å². The van der Waals surface area contributed by atoms with Gasteiger partial charge in [0.2, 0.25) is 0 Å². The van der Waals surface area contributed by atoms with Crippen LogP contribution in [0.5, 0.6) is 0 Å². The molecule has 1 aromatic heterocycles. The van der Waals surface area contributed by atoms with Crippen molar-refractivity contribution in [3.05, 3.63) is 16.0 Å². The summed E-state index contributed by atoms with van der Waals surface area (Å²) in [6.07, 6.45) is 2.98. The van der Waals surface area contributed by atoms with E-state index in [1.165, 1.54) is 0 Å². The molecule has 1 rings (SSSR count). The summed E-state index contributed by atoms with van der Waals surface area (Å²) in [5.41, 5.74) is 1.32. The van der Waals surface area contributed by atoms with Gasteiger partial charge in [-0.2, -0.15) is 0 Å². The van der Waals surface area contributed by atoms with Crippen molar-refractivity contribution in [2.45, 2.75) is 53.9 Å². The average molecular weight is 314 g/mol. The molecule has 0 spiro atoms. The summed E-state index contributed by atoms with van der Waals surface area (Å²) >= 11 is 3.61. The normalized spacial score (nSPS) is 11.7. The number of nitrogens with zero attached hydrogens (tertiary/aromatic N) is 2. The molecule has 1 N–H and O–H groups in total. The van der Waals surface area contributed by atoms with Crippen LogP contribution in [0.4, 0.5) is 5.82 Å². The highest BCUT2D eigenvalue weighted by atomic mass is 79.9. The lowest BCUT2D eigenvalue weighted by atomic mass is 9.92. The van der Waals surface area contributed by atoms with Gasteiger partial charge in [0.25, 0.3) is 0 Å². The van der Waals surface area contributed by atoms with E-state index in [4.69, 9.17) is 4.98 Å². The fourth-order valence-electron chi connectivity index (χ4n) is 1.79. The largest absolute Gasteiger partial charge is 0.369 e. The number of rotatable bonds is 5. The van der Waals surface area contributed by atoms with Gasteiger partial charge in [0.15, 0.2) is 0 Å². The van der Waals surface area contributed by atoms with Crippen LogP contribution < -0.4 is 5.32 Å². The van der Waals surface area contributed by atoms with E-state index < -0.39 is 0 Å². The zero-order chi connectivity index (χ0) is 13.8. The van der Waals surface area contributed by atoms with Gasteiger partial charge in [-0.3, -0.25) is 0 Å². The number of aryl methyl sites for hydroxylation is 1. The van der Waals surface area contributed by atoms with E-state index in [1.807, 2.05) is 0 Å². The van der Waals surface area contributed by atoms with Crippen molar-refractivity contribution in [1.29, 1.82) is 0 Å². The molecule has 0 bridgehead atoms. The van der Waals surface area contributed by atoms with Gasteiger partial charge in [-0.15, -0.1) is 0 Å². The molecule has 1 aromatic rings. The van der Waals surface area contributed by atoms with Gasteiger partial charge >= 0.3 is 0 Å². The molecule has 3 nitrogen and oxygen atoms in total. The number of hydrogen-bond acceptors (Lipinski definition) is 3. The standard InChI is InChI=1S/C14H24BrN3/c1-6-8-10-12(15)13(16-7-2)18-11(17-10)9-14(3,4)5/h6-9H2,1-5H3,(H,16,17,18). The Labute approximate surface area is 119 Å². The molecule has 0 aliphatic rings. The molecular weight excluding hydrogens is 290 g/mol. The van der Waals surface area contributed by atoms with Gasteiger partial charge in [-0.05, 0) is 34.7 Å². The highest BCUT2D eigenvalue weighted by Gasteiger charge is 2.17. The van der Waals surface area contributed by atoms with Crippen molar-refractivity contribution in [2.75, 3.05) is 11.9 Å². The lowest BCUT2D eigenvalue weighted by Crippen LogP contribution is -2.15. The molecule has 4 heteroatoms. The molecule has 0 radical (unpaired) electrons. The van der Waals surface area contributed by atoms with Crippen LogP contribution >= 0.6 is 15.9 Å². The number of nitrogens with one attached hydrogen (secondary N) is 1. The molecule has 0 unspecified atom stereocenters. The Balaban J connectivity index is 3.11. The maximum Gasteiger partial charge on any atom is 0.144 e. The lowest BCUT2D eigenvalue weighted by molar-refractivity contribution is 0.400. The fraction of sp³-hybridized carbons (Fsp3) is 0.714. The summed E-state index contributed by atoms with van der Waals surface area (Å²) in [7, 11) is 0. The fourth-order valence-corrected chi connectivity index (χ4v) is 2.30. The van der Waals surface area contributed by atoms with Crippen LogP contribution in [-0.2, 0) is 12.8 Å². The Morgan fingerprint density at radius 3 is 2.33 bits per heavy atom. The van der Waals surface area contributed by atoms with E-state index >= 15 is 0 Å². The summed E-state index contributed by atoms with van der Waals surface area (Å²) in [4.78, 5) is 9.31. The topological polar surface area (TPSA) is 37.8 Å². The first-order chi connectivity index (χ1) is 8.37. The molecule has 0 aliphatic carbocycles. The summed E-state index contributed by atoms with van der Waals surface area (Å²) in [5.74, 6) is 1.86. The van der Waals surface area contributed by atoms with Crippen molar-refractivity contribution >= 4 is 21.7 Å². The highest BCUT2D eigenvalue weighted by molar-refractivity contribution is 9.10. The zero-order valence-electron chi connectivity index (χ0n) is 12.1. The summed E-state index contributed by atoms with van der Waals surface area (Å²) in [5, 5.41) is 3.30. The SMILES string of the molecule is CCCc1nc(CC(C)(C)C)nc(NCC)c1Br. The third-order valence-corrected chi connectivity index (χ3v) is 3.32. The maximum atomic E-state index is 4.69. The van der Waals surface area contributed by atoms with Crippen molar-refractivity contribution in [3.8, 4) is 0 Å². The predicted molar refractivity (Wildman–Crippen MR) is 81.0 cm³/mol. The quantitative estimate of drug-likeness (QED) is 0.884. The zero-order valence-corrected chi connectivity index (χ0v) is 13.7. The molecule has 0 saturated heterocycles. The minimum Gasteiger partial charge on any atom is -0.369 e. The van der Waals surface area contributed by atoms with Crippen molar-refractivity contribution in [1.82, 2.24) is 9.97 Å². The second-order valence-corrected chi connectivity index (χ2v) is 6.56. The number of anilines is 1. The Kier molecular flexibility index (Phi) is 5.57. The molecule has 1 heterocycles. The third-order valence-electron chi connectivity index (χ3n) is 2.49. The van der Waals surface area contributed by atoms with Crippen LogP contribution in [0.1, 0.15) is 52.6 Å². The van der Waals surface area contributed by atoms with Gasteiger partial charge in [0, 0.05) is 13.0 Å². The average Bonchev–Trinajstić information content (AvgIpc) is 2.23. The monoisotopic (exact) mass is 313 g/mol. The van der Waals surface area contributed by atoms with Crippen LogP contribution in [0.25, 0.3) is 0 Å². The molecule has 18 heavy (non-hydrogen) atoms. The predicted octanol–water partition coefficient (Wildman–Crippen LogP) is 4.21. The van der Waals surface area contributed by atoms with E-state index in [-0.39, 0.29) is 5.41 Å². The molecule has 0 saturated carbocycles. The van der Waals surface area contributed by atoms with Gasteiger partial charge in [-0.25, -0.2) is 9.97 Å². The van der Waals surface area contributed by atoms with E-state index in [1.54, 1.807) is 0 Å². The number of hydrogen-bond donors (Lipinski definition) is 1. The van der Waals surface area contributed by atoms with Crippen molar-refractivity contribution in [2.24, 2.45) is 5.41 Å². The smallest absolute Gasteiger partial charge is 0.144 e. The number of aromatic nitrogens is 2. The third kappa shape index (κ3) is 4.56. The molecule has 0 atom stereocenters. The van der Waals surface area contributed by atoms with E-state index in [0.29, 0.717) is 0 Å². The van der Waals surface area contributed by atoms with Gasteiger partial charge in [-0.1, -0.05) is 34.1 Å². The van der Waals surface area contributed by atoms with Crippen LogP contribution in [-0.4, -0.2) is 16.5 Å². The van der Waals surface area contributed by atoms with Crippen LogP contribution in [0.2, 0.25) is 0 Å². The summed E-state index contributed by atoms with van der Waals surface area (Å²) in [6.45, 7) is 11.8. The second-order valence-electron chi connectivity index (χ2n) is 5.77. The van der Waals surface area contributed by atoms with Gasteiger partial charge in [0.05, 0.1) is 10.2 Å². The molecule has 0 aliphatic heterocycles. The molecular formula is C14H24BrN3. The van der Waals surface area contributed by atoms with E-state index in [9.17, 15) is 0 Å². The second kappa shape index (κ2) is 6.50. The van der Waals surface area contributed by atoms with Crippen molar-refractivity contribution < 1.29 is 0 Å². The molecule has 0 amide bonds. The summed E-state index contributed by atoms with van der Waals surface area (Å²) < 4.78 is 1.02. The van der Waals surface area contributed by atoms with Crippen LogP contribution in [0.3, 0.4) is 0 Å². The van der Waals surface area contributed by atoms with Crippen LogP contribution in [0, 0.1) is 5.41 Å². The van der Waals surface area contributed by atoms with Crippen molar-refractivity contribution in [3.63, 3.8) is 0 Å². The Morgan fingerprint density at radius 1 is 1.17 bits per heavy atom. The van der Waals surface area contributed by atoms with E-state index in [2.05, 4.69) is 60.8 Å². The Bertz CT molecular complexity index is 370. The van der Waals surface area contributed by atoms with E-state index in [0.717, 1.165) is 47.6 Å². The minimum atomic E-state index is 0.209. The molecule has 102 valence electrons. The Hall–Kier alpha value is -0.640. The molecule has 0 aromatic carbocycles. The minimum absolute atomic E-state index is 0.209.